The van der Waals surface area contributed by atoms with Crippen LogP contribution in [0.25, 0.3) is 10.9 Å². The molecule has 1 saturated heterocycles. The maximum Gasteiger partial charge on any atom is 0.410 e. The number of hydrogen-bond donors (Lipinski definition) is 6. The number of H-pyrrole nitrogens is 1. The molecule has 6 N–H and O–H groups in total. The first-order chi connectivity index (χ1) is 21.4. The van der Waals surface area contributed by atoms with Gasteiger partial charge in [0.25, 0.3) is 0 Å². The van der Waals surface area contributed by atoms with Gasteiger partial charge >= 0.3 is 6.09 Å². The number of carbonyl (C=O) groups excluding carboxylic acids is 2. The monoisotopic (exact) mass is 606 g/mol. The van der Waals surface area contributed by atoms with Crippen molar-refractivity contribution in [3.63, 3.8) is 0 Å². The number of aromatic amines is 1. The van der Waals surface area contributed by atoms with Crippen LogP contribution in [0.15, 0.2) is 79.0 Å². The van der Waals surface area contributed by atoms with Gasteiger partial charge in [0.2, 0.25) is 5.91 Å². The predicted molar refractivity (Wildman–Crippen MR) is 161 cm³/mol. The SMILES string of the molecule is O=C(COC1CC(CNc2ccccn2)N(C(=O)OCc2ccccc2)C1)NC[C@H](Nc1[nH]c2ccccc2c1F)C(O)O. The molecular formula is C31H35FN6O6. The number of amides is 2. The number of aliphatic hydroxyl groups excluding tert-OH is 1. The number of ether oxygens (including phenoxy) is 2. The van der Waals surface area contributed by atoms with Gasteiger partial charge < -0.3 is 45.5 Å². The highest BCUT2D eigenvalue weighted by Gasteiger charge is 2.37. The Kier molecular flexibility index (Phi) is 10.2. The zero-order valence-corrected chi connectivity index (χ0v) is 23.9. The van der Waals surface area contributed by atoms with Crippen molar-refractivity contribution in [3.05, 3.63) is 90.4 Å². The van der Waals surface area contributed by atoms with Gasteiger partial charge in [0.1, 0.15) is 24.8 Å². The van der Waals surface area contributed by atoms with Crippen molar-refractivity contribution >= 4 is 34.5 Å². The number of para-hydroxylation sites is 1. The van der Waals surface area contributed by atoms with Gasteiger partial charge in [0, 0.05) is 24.7 Å². The highest BCUT2D eigenvalue weighted by Crippen LogP contribution is 2.25. The lowest BCUT2D eigenvalue weighted by Crippen LogP contribution is -2.45. The number of likely N-dealkylation sites (tertiary alicyclic amines) is 1. The summed E-state index contributed by atoms with van der Waals surface area (Å²) >= 11 is 0. The number of fused-ring (bicyclic) bond motifs is 1. The van der Waals surface area contributed by atoms with Crippen LogP contribution in [0.3, 0.4) is 0 Å². The molecule has 0 radical (unpaired) electrons. The second-order valence-corrected chi connectivity index (χ2v) is 10.4. The number of halogens is 1. The van der Waals surface area contributed by atoms with E-state index in [1.165, 1.54) is 0 Å². The highest BCUT2D eigenvalue weighted by molar-refractivity contribution is 5.84. The van der Waals surface area contributed by atoms with Crippen molar-refractivity contribution < 1.29 is 33.7 Å². The average Bonchev–Trinajstić information content (AvgIpc) is 3.61. The van der Waals surface area contributed by atoms with Crippen molar-refractivity contribution in [3.8, 4) is 0 Å². The molecule has 44 heavy (non-hydrogen) atoms. The van der Waals surface area contributed by atoms with Gasteiger partial charge in [0.05, 0.1) is 30.2 Å². The van der Waals surface area contributed by atoms with E-state index in [1.807, 2.05) is 48.5 Å². The van der Waals surface area contributed by atoms with Crippen LogP contribution in [-0.4, -0.2) is 87.8 Å². The second kappa shape index (κ2) is 14.6. The molecule has 0 aliphatic carbocycles. The molecule has 13 heteroatoms. The highest BCUT2D eigenvalue weighted by atomic mass is 19.1. The number of rotatable bonds is 13. The van der Waals surface area contributed by atoms with Gasteiger partial charge in [-0.3, -0.25) is 4.79 Å². The molecular weight excluding hydrogens is 571 g/mol. The molecule has 3 atom stereocenters. The van der Waals surface area contributed by atoms with Crippen LogP contribution in [-0.2, 0) is 20.9 Å². The van der Waals surface area contributed by atoms with E-state index in [9.17, 15) is 24.2 Å². The van der Waals surface area contributed by atoms with Crippen LogP contribution in [0.1, 0.15) is 12.0 Å². The number of benzene rings is 2. The summed E-state index contributed by atoms with van der Waals surface area (Å²) in [5.74, 6) is -0.440. The molecule has 2 amide bonds. The fraction of sp³-hybridized carbons (Fsp3) is 0.323. The molecule has 2 aromatic heterocycles. The van der Waals surface area contributed by atoms with Crippen LogP contribution in [0.2, 0.25) is 0 Å². The third-order valence-corrected chi connectivity index (χ3v) is 7.30. The molecule has 4 aromatic rings. The number of anilines is 2. The fourth-order valence-electron chi connectivity index (χ4n) is 5.00. The normalized spacial score (nSPS) is 17.0. The Morgan fingerprint density at radius 3 is 2.59 bits per heavy atom. The third-order valence-electron chi connectivity index (χ3n) is 7.30. The Morgan fingerprint density at radius 1 is 1.07 bits per heavy atom. The molecule has 1 fully saturated rings. The smallest absolute Gasteiger partial charge is 0.410 e. The molecule has 5 rings (SSSR count). The molecule has 0 saturated carbocycles. The molecule has 2 unspecified atom stereocenters. The first-order valence-electron chi connectivity index (χ1n) is 14.3. The van der Waals surface area contributed by atoms with Crippen LogP contribution < -0.4 is 16.0 Å². The minimum absolute atomic E-state index is 0.0228. The van der Waals surface area contributed by atoms with Crippen molar-refractivity contribution in [2.24, 2.45) is 0 Å². The topological polar surface area (TPSA) is 161 Å². The van der Waals surface area contributed by atoms with E-state index < -0.39 is 36.3 Å². The number of carbonyl (C=O) groups is 2. The van der Waals surface area contributed by atoms with Crippen molar-refractivity contribution in [1.29, 1.82) is 0 Å². The molecule has 0 bridgehead atoms. The Bertz CT molecular complexity index is 1520. The van der Waals surface area contributed by atoms with Gasteiger partial charge in [-0.15, -0.1) is 0 Å². The zero-order valence-electron chi connectivity index (χ0n) is 23.9. The standard InChI is InChI=1S/C31H35FN6O6/c32-28-23-10-4-5-11-24(23)36-29(28)37-25(30(40)41)16-35-27(39)19-43-22-14-21(15-34-26-12-6-7-13-33-26)38(17-22)31(42)44-18-20-8-2-1-3-9-20/h1-13,21-22,25,30,36-37,40-41H,14-19H2,(H,33,34)(H,35,39)/t21?,22?,25-/m0/s1. The molecule has 3 heterocycles. The summed E-state index contributed by atoms with van der Waals surface area (Å²) in [5.41, 5.74) is 1.40. The Balaban J connectivity index is 1.13. The average molecular weight is 607 g/mol. The number of nitrogens with zero attached hydrogens (tertiary/aromatic N) is 2. The number of aliphatic hydroxyl groups is 2. The molecule has 2 aromatic carbocycles. The van der Waals surface area contributed by atoms with Crippen molar-refractivity contribution in [2.75, 3.05) is 36.9 Å². The Hall–Kier alpha value is -4.72. The second-order valence-electron chi connectivity index (χ2n) is 10.4. The summed E-state index contributed by atoms with van der Waals surface area (Å²) in [5, 5.41) is 28.5. The van der Waals surface area contributed by atoms with E-state index in [1.54, 1.807) is 35.4 Å². The summed E-state index contributed by atoms with van der Waals surface area (Å²) in [6.07, 6.45) is -0.711. The lowest BCUT2D eigenvalue weighted by atomic mass is 10.2. The van der Waals surface area contributed by atoms with Crippen LogP contribution >= 0.6 is 0 Å². The van der Waals surface area contributed by atoms with E-state index in [2.05, 4.69) is 25.9 Å². The van der Waals surface area contributed by atoms with Gasteiger partial charge in [-0.1, -0.05) is 48.5 Å². The minimum Gasteiger partial charge on any atom is -0.445 e. The number of aromatic nitrogens is 2. The zero-order chi connectivity index (χ0) is 30.9. The lowest BCUT2D eigenvalue weighted by molar-refractivity contribution is -0.128. The quantitative estimate of drug-likeness (QED) is 0.126. The number of hydrogen-bond acceptors (Lipinski definition) is 9. The van der Waals surface area contributed by atoms with E-state index in [4.69, 9.17) is 9.47 Å². The number of pyridine rings is 1. The molecule has 1 aliphatic heterocycles. The minimum atomic E-state index is -1.89. The summed E-state index contributed by atoms with van der Waals surface area (Å²) in [7, 11) is 0. The summed E-state index contributed by atoms with van der Waals surface area (Å²) in [6.45, 7) is 0.198. The first kappa shape index (κ1) is 30.7. The summed E-state index contributed by atoms with van der Waals surface area (Å²) in [6, 6.07) is 20.2. The van der Waals surface area contributed by atoms with E-state index in [0.717, 1.165) is 5.56 Å². The van der Waals surface area contributed by atoms with Crippen LogP contribution in [0.4, 0.5) is 20.8 Å². The van der Waals surface area contributed by atoms with Gasteiger partial charge in [-0.05, 0) is 36.2 Å². The van der Waals surface area contributed by atoms with E-state index in [-0.39, 0.29) is 38.2 Å². The summed E-state index contributed by atoms with van der Waals surface area (Å²) in [4.78, 5) is 34.4. The van der Waals surface area contributed by atoms with Gasteiger partial charge in [-0.25, -0.2) is 14.2 Å². The maximum absolute atomic E-state index is 14.7. The predicted octanol–water partition coefficient (Wildman–Crippen LogP) is 2.82. The lowest BCUT2D eigenvalue weighted by Gasteiger charge is -2.24. The van der Waals surface area contributed by atoms with E-state index in [0.29, 0.717) is 29.7 Å². The van der Waals surface area contributed by atoms with Crippen LogP contribution in [0.5, 0.6) is 0 Å². The Morgan fingerprint density at radius 2 is 1.84 bits per heavy atom. The largest absolute Gasteiger partial charge is 0.445 e. The molecule has 232 valence electrons. The molecule has 1 aliphatic rings. The summed E-state index contributed by atoms with van der Waals surface area (Å²) < 4.78 is 26.1. The van der Waals surface area contributed by atoms with Gasteiger partial charge in [0.15, 0.2) is 12.1 Å². The van der Waals surface area contributed by atoms with Gasteiger partial charge in [-0.2, -0.15) is 0 Å². The van der Waals surface area contributed by atoms with Crippen LogP contribution in [0, 0.1) is 5.82 Å². The van der Waals surface area contributed by atoms with E-state index >= 15 is 0 Å². The molecule has 12 nitrogen and oxygen atoms in total. The Labute approximate surface area is 253 Å². The first-order valence-corrected chi connectivity index (χ1v) is 14.3. The molecule has 0 spiro atoms. The third kappa shape index (κ3) is 8.01. The maximum atomic E-state index is 14.7. The fourth-order valence-corrected chi connectivity index (χ4v) is 5.00. The van der Waals surface area contributed by atoms with Crippen molar-refractivity contribution in [2.45, 2.75) is 37.5 Å². The van der Waals surface area contributed by atoms with Crippen molar-refractivity contribution in [1.82, 2.24) is 20.2 Å². The number of nitrogens with one attached hydrogen (secondary N) is 4.